The Morgan fingerprint density at radius 3 is 2.70 bits per heavy atom. The van der Waals surface area contributed by atoms with Gasteiger partial charge in [-0.1, -0.05) is 18.2 Å². The number of hydrogen-bond acceptors (Lipinski definition) is 5. The molecule has 112 valence electrons. The molecule has 1 heterocycles. The van der Waals surface area contributed by atoms with Crippen molar-refractivity contribution in [1.82, 2.24) is 5.32 Å². The van der Waals surface area contributed by atoms with Crippen molar-refractivity contribution in [2.45, 2.75) is 25.0 Å². The Balaban J connectivity index is 1.74. The van der Waals surface area contributed by atoms with E-state index in [0.29, 0.717) is 18.7 Å². The smallest absolute Gasteiger partial charge is 0.152 e. The molecule has 6 heteroatoms. The maximum absolute atomic E-state index is 11.5. The number of nitrogens with one attached hydrogen (secondary N) is 1. The Morgan fingerprint density at radius 2 is 2.10 bits per heavy atom. The van der Waals surface area contributed by atoms with Crippen LogP contribution in [0.15, 0.2) is 30.3 Å². The van der Waals surface area contributed by atoms with Crippen LogP contribution in [-0.2, 0) is 9.84 Å². The highest BCUT2D eigenvalue weighted by atomic mass is 32.2. The lowest BCUT2D eigenvalue weighted by Gasteiger charge is -2.25. The third kappa shape index (κ3) is 4.47. The van der Waals surface area contributed by atoms with Crippen molar-refractivity contribution in [3.8, 4) is 5.75 Å². The van der Waals surface area contributed by atoms with Gasteiger partial charge in [0.05, 0.1) is 11.5 Å². The summed E-state index contributed by atoms with van der Waals surface area (Å²) in [5.74, 6) is 1.06. The van der Waals surface area contributed by atoms with Crippen LogP contribution in [0.4, 0.5) is 0 Å². The highest BCUT2D eigenvalue weighted by Crippen LogP contribution is 2.22. The fraction of sp³-hybridized carbons (Fsp3) is 0.571. The Labute approximate surface area is 119 Å². The zero-order valence-electron chi connectivity index (χ0n) is 11.6. The minimum atomic E-state index is -2.93. The predicted molar refractivity (Wildman–Crippen MR) is 77.6 cm³/mol. The molecule has 1 aromatic carbocycles. The zero-order chi connectivity index (χ0) is 14.6. The molecule has 1 aliphatic heterocycles. The summed E-state index contributed by atoms with van der Waals surface area (Å²) in [5.41, 5.74) is -0.438. The molecule has 2 atom stereocenters. The third-order valence-corrected chi connectivity index (χ3v) is 5.36. The average molecular weight is 299 g/mol. The Bertz CT molecular complexity index is 531. The Morgan fingerprint density at radius 1 is 1.40 bits per heavy atom. The molecular formula is C14H21NO4S. The molecule has 0 aliphatic carbocycles. The van der Waals surface area contributed by atoms with E-state index in [-0.39, 0.29) is 18.1 Å². The van der Waals surface area contributed by atoms with Crippen LogP contribution in [0.2, 0.25) is 0 Å². The summed E-state index contributed by atoms with van der Waals surface area (Å²) in [6.45, 7) is 2.38. The fourth-order valence-corrected chi connectivity index (χ4v) is 4.41. The molecule has 2 rings (SSSR count). The van der Waals surface area contributed by atoms with E-state index in [1.807, 2.05) is 37.3 Å². The van der Waals surface area contributed by atoms with Crippen LogP contribution < -0.4 is 10.1 Å². The first kappa shape index (κ1) is 15.3. The highest BCUT2D eigenvalue weighted by molar-refractivity contribution is 7.91. The van der Waals surface area contributed by atoms with Crippen molar-refractivity contribution in [3.63, 3.8) is 0 Å². The quantitative estimate of drug-likeness (QED) is 0.804. The monoisotopic (exact) mass is 299 g/mol. The van der Waals surface area contributed by atoms with Crippen molar-refractivity contribution in [1.29, 1.82) is 0 Å². The van der Waals surface area contributed by atoms with Crippen LogP contribution in [0, 0.1) is 0 Å². The van der Waals surface area contributed by atoms with Gasteiger partial charge in [-0.25, -0.2) is 8.42 Å². The molecule has 1 aromatic rings. The van der Waals surface area contributed by atoms with Crippen molar-refractivity contribution in [3.05, 3.63) is 30.3 Å². The zero-order valence-corrected chi connectivity index (χ0v) is 12.4. The second-order valence-electron chi connectivity index (χ2n) is 5.56. The summed E-state index contributed by atoms with van der Waals surface area (Å²) in [6, 6.07) is 9.27. The average Bonchev–Trinajstić information content (AvgIpc) is 2.70. The van der Waals surface area contributed by atoms with Gasteiger partial charge in [0.2, 0.25) is 0 Å². The van der Waals surface area contributed by atoms with Gasteiger partial charge >= 0.3 is 0 Å². The van der Waals surface area contributed by atoms with Gasteiger partial charge in [-0.15, -0.1) is 0 Å². The first-order valence-corrected chi connectivity index (χ1v) is 8.52. The van der Waals surface area contributed by atoms with Gasteiger partial charge in [0.25, 0.3) is 0 Å². The molecule has 0 unspecified atom stereocenters. The topological polar surface area (TPSA) is 75.6 Å². The van der Waals surface area contributed by atoms with Crippen molar-refractivity contribution < 1.29 is 18.3 Å². The van der Waals surface area contributed by atoms with E-state index in [1.165, 1.54) is 0 Å². The van der Waals surface area contributed by atoms with Crippen molar-refractivity contribution in [2.75, 3.05) is 24.7 Å². The van der Waals surface area contributed by atoms with Crippen LogP contribution in [0.3, 0.4) is 0 Å². The molecular weight excluding hydrogens is 278 g/mol. The van der Waals surface area contributed by atoms with E-state index < -0.39 is 21.5 Å². The summed E-state index contributed by atoms with van der Waals surface area (Å²) in [4.78, 5) is 0. The summed E-state index contributed by atoms with van der Waals surface area (Å²) in [6.07, 6.45) is -0.0861. The van der Waals surface area contributed by atoms with Gasteiger partial charge in [0.1, 0.15) is 18.5 Å². The minimum Gasteiger partial charge on any atom is -0.491 e. The highest BCUT2D eigenvalue weighted by Gasteiger charge is 2.38. The molecule has 1 aliphatic rings. The maximum atomic E-state index is 11.5. The standard InChI is InChI=1S/C14H21NO4S/c1-14(7-8-20(17,18)11-14)15-9-12(16)10-19-13-5-3-2-4-6-13/h2-6,12,15-16H,7-11H2,1H3/t12-,14-/m1/s1. The van der Waals surface area contributed by atoms with Gasteiger partial charge < -0.3 is 15.2 Å². The minimum absolute atomic E-state index is 0.131. The molecule has 0 amide bonds. The lowest BCUT2D eigenvalue weighted by atomic mass is 10.0. The number of hydrogen-bond donors (Lipinski definition) is 2. The summed E-state index contributed by atoms with van der Waals surface area (Å²) in [7, 11) is -2.93. The van der Waals surface area contributed by atoms with Gasteiger partial charge in [0.15, 0.2) is 9.84 Å². The van der Waals surface area contributed by atoms with E-state index in [4.69, 9.17) is 4.74 Å². The maximum Gasteiger partial charge on any atom is 0.152 e. The van der Waals surface area contributed by atoms with E-state index >= 15 is 0 Å². The van der Waals surface area contributed by atoms with Crippen LogP contribution >= 0.6 is 0 Å². The lowest BCUT2D eigenvalue weighted by molar-refractivity contribution is 0.0993. The van der Waals surface area contributed by atoms with Crippen LogP contribution in [0.5, 0.6) is 5.75 Å². The molecule has 0 radical (unpaired) electrons. The SMILES string of the molecule is C[C@@]1(NC[C@@H](O)COc2ccccc2)CCS(=O)(=O)C1. The number of aliphatic hydroxyl groups is 1. The number of β-amino-alcohol motifs (C(OH)–C–C–N with tert-alkyl or cyclic N) is 1. The molecule has 2 N–H and O–H groups in total. The first-order valence-electron chi connectivity index (χ1n) is 6.70. The van der Waals surface area contributed by atoms with E-state index in [9.17, 15) is 13.5 Å². The van der Waals surface area contributed by atoms with E-state index in [2.05, 4.69) is 5.32 Å². The summed E-state index contributed by atoms with van der Waals surface area (Å²) in [5, 5.41) is 13.0. The second-order valence-corrected chi connectivity index (χ2v) is 7.75. The molecule has 20 heavy (non-hydrogen) atoms. The van der Waals surface area contributed by atoms with Gasteiger partial charge in [-0.05, 0) is 25.5 Å². The van der Waals surface area contributed by atoms with Gasteiger partial charge in [-0.2, -0.15) is 0 Å². The predicted octanol–water partition coefficient (Wildman–Crippen LogP) is 0.593. The largest absolute Gasteiger partial charge is 0.491 e. The molecule has 1 fully saturated rings. The first-order chi connectivity index (χ1) is 9.39. The fourth-order valence-electron chi connectivity index (χ4n) is 2.28. The molecule has 0 bridgehead atoms. The number of ether oxygens (including phenoxy) is 1. The normalized spacial score (nSPS) is 26.3. The van der Waals surface area contributed by atoms with Crippen LogP contribution in [0.1, 0.15) is 13.3 Å². The number of sulfone groups is 1. The van der Waals surface area contributed by atoms with Gasteiger partial charge in [0, 0.05) is 12.1 Å². The third-order valence-electron chi connectivity index (χ3n) is 3.45. The lowest BCUT2D eigenvalue weighted by Crippen LogP contribution is -2.47. The van der Waals surface area contributed by atoms with Gasteiger partial charge in [-0.3, -0.25) is 0 Å². The summed E-state index contributed by atoms with van der Waals surface area (Å²) >= 11 is 0. The number of rotatable bonds is 6. The molecule has 0 aromatic heterocycles. The molecule has 0 saturated carbocycles. The summed E-state index contributed by atoms with van der Waals surface area (Å²) < 4.78 is 28.4. The Hall–Kier alpha value is -1.11. The van der Waals surface area contributed by atoms with Crippen molar-refractivity contribution in [2.24, 2.45) is 0 Å². The molecule has 1 saturated heterocycles. The number of para-hydroxylation sites is 1. The van der Waals surface area contributed by atoms with E-state index in [0.717, 1.165) is 0 Å². The second kappa shape index (κ2) is 6.11. The van der Waals surface area contributed by atoms with Crippen molar-refractivity contribution >= 4 is 9.84 Å². The van der Waals surface area contributed by atoms with Crippen LogP contribution in [0.25, 0.3) is 0 Å². The number of benzene rings is 1. The Kier molecular flexibility index (Phi) is 4.67. The molecule has 5 nitrogen and oxygen atoms in total. The molecule has 0 spiro atoms. The van der Waals surface area contributed by atoms with Crippen LogP contribution in [-0.4, -0.2) is 49.8 Å². The number of aliphatic hydroxyl groups excluding tert-OH is 1. The van der Waals surface area contributed by atoms with E-state index in [1.54, 1.807) is 0 Å².